The van der Waals surface area contributed by atoms with Gasteiger partial charge in [0.15, 0.2) is 0 Å². The van der Waals surface area contributed by atoms with Crippen LogP contribution in [0.15, 0.2) is 59.0 Å². The lowest BCUT2D eigenvalue weighted by Gasteiger charge is -2.07. The molecule has 0 spiro atoms. The van der Waals surface area contributed by atoms with Gasteiger partial charge in [-0.15, -0.1) is 0 Å². The summed E-state index contributed by atoms with van der Waals surface area (Å²) in [4.78, 5) is 0. The first-order valence-corrected chi connectivity index (χ1v) is 7.19. The molecule has 3 aromatic rings. The summed E-state index contributed by atoms with van der Waals surface area (Å²) in [7, 11) is 0. The average Bonchev–Trinajstić information content (AvgIpc) is 2.89. The van der Waals surface area contributed by atoms with Crippen LogP contribution in [0.4, 0.5) is 0 Å². The van der Waals surface area contributed by atoms with Gasteiger partial charge in [0, 0.05) is 11.9 Å². The van der Waals surface area contributed by atoms with E-state index in [0.29, 0.717) is 13.2 Å². The molecule has 0 aliphatic heterocycles. The van der Waals surface area contributed by atoms with Crippen LogP contribution in [0.5, 0.6) is 5.75 Å². The number of hydrogen-bond acceptors (Lipinski definition) is 3. The van der Waals surface area contributed by atoms with Crippen molar-refractivity contribution >= 4 is 11.0 Å². The molecule has 3 rings (SSSR count). The lowest BCUT2D eigenvalue weighted by atomic mass is 10.2. The van der Waals surface area contributed by atoms with E-state index in [1.165, 1.54) is 5.56 Å². The van der Waals surface area contributed by atoms with Crippen LogP contribution in [0.3, 0.4) is 0 Å². The number of furan rings is 1. The molecule has 1 aromatic heterocycles. The van der Waals surface area contributed by atoms with E-state index in [2.05, 4.69) is 30.4 Å². The molecule has 0 saturated heterocycles. The third kappa shape index (κ3) is 3.64. The molecule has 21 heavy (non-hydrogen) atoms. The SMILES string of the molecule is Cc1cccc(OCCNCc2cc3ccccc3o2)c1. The molecule has 0 aliphatic carbocycles. The van der Waals surface area contributed by atoms with Gasteiger partial charge in [0.25, 0.3) is 0 Å². The van der Waals surface area contributed by atoms with E-state index in [-0.39, 0.29) is 0 Å². The fourth-order valence-corrected chi connectivity index (χ4v) is 2.28. The normalized spacial score (nSPS) is 10.9. The Morgan fingerprint density at radius 2 is 1.95 bits per heavy atom. The third-order valence-corrected chi connectivity index (χ3v) is 3.31. The van der Waals surface area contributed by atoms with Gasteiger partial charge in [0.05, 0.1) is 6.54 Å². The minimum absolute atomic E-state index is 0.643. The number of benzene rings is 2. The fraction of sp³-hybridized carbons (Fsp3) is 0.222. The second-order valence-corrected chi connectivity index (χ2v) is 5.09. The predicted molar refractivity (Wildman–Crippen MR) is 84.6 cm³/mol. The van der Waals surface area contributed by atoms with Crippen LogP contribution in [-0.4, -0.2) is 13.2 Å². The van der Waals surface area contributed by atoms with E-state index in [4.69, 9.17) is 9.15 Å². The number of hydrogen-bond donors (Lipinski definition) is 1. The zero-order chi connectivity index (χ0) is 14.5. The zero-order valence-corrected chi connectivity index (χ0v) is 12.1. The van der Waals surface area contributed by atoms with Crippen LogP contribution in [0.2, 0.25) is 0 Å². The number of aryl methyl sites for hydroxylation is 1. The highest BCUT2D eigenvalue weighted by Gasteiger charge is 2.02. The molecule has 0 unspecified atom stereocenters. The van der Waals surface area contributed by atoms with Gasteiger partial charge in [0.2, 0.25) is 0 Å². The summed E-state index contributed by atoms with van der Waals surface area (Å²) in [5, 5.41) is 4.47. The maximum Gasteiger partial charge on any atom is 0.134 e. The molecule has 0 radical (unpaired) electrons. The standard InChI is InChI=1S/C18H19NO2/c1-14-5-4-7-16(11-14)20-10-9-19-13-17-12-15-6-2-3-8-18(15)21-17/h2-8,11-12,19H,9-10,13H2,1H3. The van der Waals surface area contributed by atoms with E-state index in [0.717, 1.165) is 29.0 Å². The van der Waals surface area contributed by atoms with Gasteiger partial charge in [-0.05, 0) is 36.8 Å². The Morgan fingerprint density at radius 1 is 1.05 bits per heavy atom. The molecule has 0 aliphatic rings. The lowest BCUT2D eigenvalue weighted by Crippen LogP contribution is -2.20. The fourth-order valence-electron chi connectivity index (χ4n) is 2.28. The Hall–Kier alpha value is -2.26. The molecular weight excluding hydrogens is 262 g/mol. The first-order valence-electron chi connectivity index (χ1n) is 7.19. The molecule has 1 heterocycles. The van der Waals surface area contributed by atoms with Crippen LogP contribution >= 0.6 is 0 Å². The van der Waals surface area contributed by atoms with Crippen molar-refractivity contribution in [3.05, 3.63) is 65.9 Å². The summed E-state index contributed by atoms with van der Waals surface area (Å²) in [5.41, 5.74) is 2.15. The summed E-state index contributed by atoms with van der Waals surface area (Å²) in [6, 6.07) is 18.2. The van der Waals surface area contributed by atoms with Crippen molar-refractivity contribution in [2.45, 2.75) is 13.5 Å². The predicted octanol–water partition coefficient (Wildman–Crippen LogP) is 3.91. The van der Waals surface area contributed by atoms with Gasteiger partial charge < -0.3 is 14.5 Å². The second kappa shape index (κ2) is 6.46. The highest BCUT2D eigenvalue weighted by Crippen LogP contribution is 2.18. The summed E-state index contributed by atoms with van der Waals surface area (Å²) < 4.78 is 11.4. The van der Waals surface area contributed by atoms with Crippen molar-refractivity contribution in [3.8, 4) is 5.75 Å². The van der Waals surface area contributed by atoms with E-state index in [1.54, 1.807) is 0 Å². The van der Waals surface area contributed by atoms with Crippen LogP contribution < -0.4 is 10.1 Å². The van der Waals surface area contributed by atoms with E-state index >= 15 is 0 Å². The lowest BCUT2D eigenvalue weighted by molar-refractivity contribution is 0.311. The van der Waals surface area contributed by atoms with Crippen LogP contribution in [0.25, 0.3) is 11.0 Å². The Labute approximate surface area is 124 Å². The van der Waals surface area contributed by atoms with Crippen LogP contribution in [-0.2, 0) is 6.54 Å². The minimum Gasteiger partial charge on any atom is -0.492 e. The van der Waals surface area contributed by atoms with E-state index < -0.39 is 0 Å². The quantitative estimate of drug-likeness (QED) is 0.696. The molecule has 0 fully saturated rings. The van der Waals surface area contributed by atoms with Gasteiger partial charge in [-0.25, -0.2) is 0 Å². The highest BCUT2D eigenvalue weighted by molar-refractivity contribution is 5.77. The highest BCUT2D eigenvalue weighted by atomic mass is 16.5. The Morgan fingerprint density at radius 3 is 2.81 bits per heavy atom. The topological polar surface area (TPSA) is 34.4 Å². The number of rotatable bonds is 6. The van der Waals surface area contributed by atoms with Crippen LogP contribution in [0.1, 0.15) is 11.3 Å². The Kier molecular flexibility index (Phi) is 4.22. The van der Waals surface area contributed by atoms with Crippen molar-refractivity contribution < 1.29 is 9.15 Å². The number of nitrogens with one attached hydrogen (secondary N) is 1. The summed E-state index contributed by atoms with van der Waals surface area (Å²) in [5.74, 6) is 1.87. The number of ether oxygens (including phenoxy) is 1. The molecule has 2 aromatic carbocycles. The van der Waals surface area contributed by atoms with E-state index in [1.807, 2.05) is 36.4 Å². The van der Waals surface area contributed by atoms with Crippen LogP contribution in [0, 0.1) is 6.92 Å². The van der Waals surface area contributed by atoms with E-state index in [9.17, 15) is 0 Å². The van der Waals surface area contributed by atoms with Crippen molar-refractivity contribution in [1.82, 2.24) is 5.32 Å². The number of para-hydroxylation sites is 1. The summed E-state index contributed by atoms with van der Waals surface area (Å²) in [6.45, 7) is 4.20. The van der Waals surface area contributed by atoms with Crippen molar-refractivity contribution in [2.75, 3.05) is 13.2 Å². The molecule has 3 nitrogen and oxygen atoms in total. The maximum absolute atomic E-state index is 5.75. The average molecular weight is 281 g/mol. The van der Waals surface area contributed by atoms with Gasteiger partial charge in [-0.1, -0.05) is 30.3 Å². The van der Waals surface area contributed by atoms with Gasteiger partial charge in [-0.2, -0.15) is 0 Å². The molecule has 0 bridgehead atoms. The van der Waals surface area contributed by atoms with Gasteiger partial charge >= 0.3 is 0 Å². The monoisotopic (exact) mass is 281 g/mol. The molecule has 0 saturated carbocycles. The summed E-state index contributed by atoms with van der Waals surface area (Å²) >= 11 is 0. The second-order valence-electron chi connectivity index (χ2n) is 5.09. The third-order valence-electron chi connectivity index (χ3n) is 3.31. The molecule has 108 valence electrons. The Bertz CT molecular complexity index is 685. The minimum atomic E-state index is 0.643. The number of fused-ring (bicyclic) bond motifs is 1. The largest absolute Gasteiger partial charge is 0.492 e. The van der Waals surface area contributed by atoms with Crippen molar-refractivity contribution in [1.29, 1.82) is 0 Å². The smallest absolute Gasteiger partial charge is 0.134 e. The van der Waals surface area contributed by atoms with Crippen molar-refractivity contribution in [3.63, 3.8) is 0 Å². The van der Waals surface area contributed by atoms with Gasteiger partial charge in [-0.3, -0.25) is 0 Å². The molecule has 0 amide bonds. The first-order chi connectivity index (χ1) is 10.3. The first kappa shape index (κ1) is 13.7. The molecule has 0 atom stereocenters. The molecule has 1 N–H and O–H groups in total. The Balaban J connectivity index is 1.44. The maximum atomic E-state index is 5.75. The zero-order valence-electron chi connectivity index (χ0n) is 12.1. The molecular formula is C18H19NO2. The van der Waals surface area contributed by atoms with Gasteiger partial charge in [0.1, 0.15) is 23.7 Å². The summed E-state index contributed by atoms with van der Waals surface area (Å²) in [6.07, 6.45) is 0. The van der Waals surface area contributed by atoms with Crippen molar-refractivity contribution in [2.24, 2.45) is 0 Å². The molecule has 3 heteroatoms.